The Morgan fingerprint density at radius 1 is 0.966 bits per heavy atom. The number of nitrogens with zero attached hydrogens (tertiary/aromatic N) is 1. The second-order valence-electron chi connectivity index (χ2n) is 8.68. The first-order valence-electron chi connectivity index (χ1n) is 11.2. The fourth-order valence-electron chi connectivity index (χ4n) is 5.30. The van der Waals surface area contributed by atoms with Gasteiger partial charge in [-0.1, -0.05) is 30.3 Å². The zero-order valence-corrected chi connectivity index (χ0v) is 17.2. The minimum atomic E-state index is -0.503. The Labute approximate surface area is 173 Å². The van der Waals surface area contributed by atoms with E-state index in [4.69, 9.17) is 9.47 Å². The van der Waals surface area contributed by atoms with Crippen molar-refractivity contribution in [3.8, 4) is 0 Å². The van der Waals surface area contributed by atoms with Crippen LogP contribution in [0.1, 0.15) is 50.5 Å². The van der Waals surface area contributed by atoms with Gasteiger partial charge in [-0.3, -0.25) is 4.90 Å². The van der Waals surface area contributed by atoms with Crippen molar-refractivity contribution in [2.75, 3.05) is 26.2 Å². The van der Waals surface area contributed by atoms with Crippen molar-refractivity contribution in [1.82, 2.24) is 4.90 Å². The highest BCUT2D eigenvalue weighted by molar-refractivity contribution is 5.82. The van der Waals surface area contributed by atoms with Crippen molar-refractivity contribution >= 4 is 12.1 Å². The minimum Gasteiger partial charge on any atom is -0.464 e. The van der Waals surface area contributed by atoms with Crippen LogP contribution in [0.4, 0.5) is 4.79 Å². The summed E-state index contributed by atoms with van der Waals surface area (Å²) in [6, 6.07) is 9.74. The molecule has 0 aliphatic carbocycles. The largest absolute Gasteiger partial charge is 0.464 e. The Balaban J connectivity index is 1.27. The molecule has 0 spiro atoms. The van der Waals surface area contributed by atoms with Crippen LogP contribution < -0.4 is 4.90 Å². The Morgan fingerprint density at radius 2 is 1.79 bits per heavy atom. The number of hydrogen-bond donors (Lipinski definition) is 1. The van der Waals surface area contributed by atoms with Crippen molar-refractivity contribution in [3.05, 3.63) is 35.9 Å². The van der Waals surface area contributed by atoms with Crippen LogP contribution >= 0.6 is 0 Å². The molecule has 4 atom stereocenters. The van der Waals surface area contributed by atoms with Crippen LogP contribution in [0.15, 0.2) is 30.3 Å². The fourth-order valence-corrected chi connectivity index (χ4v) is 5.30. The summed E-state index contributed by atoms with van der Waals surface area (Å²) in [5.41, 5.74) is 0.941. The van der Waals surface area contributed by atoms with E-state index in [0.717, 1.165) is 18.4 Å². The number of hydrogen-bond acceptors (Lipinski definition) is 4. The van der Waals surface area contributed by atoms with Gasteiger partial charge in [0, 0.05) is 12.5 Å². The van der Waals surface area contributed by atoms with Crippen LogP contribution in [0.2, 0.25) is 0 Å². The molecule has 3 saturated heterocycles. The van der Waals surface area contributed by atoms with E-state index in [-0.39, 0.29) is 12.6 Å². The number of likely N-dealkylation sites (tertiary alicyclic amines) is 1. The maximum Gasteiger partial charge on any atom is 0.410 e. The van der Waals surface area contributed by atoms with E-state index in [1.54, 1.807) is 9.80 Å². The van der Waals surface area contributed by atoms with Crippen LogP contribution in [-0.2, 0) is 20.9 Å². The van der Waals surface area contributed by atoms with Crippen LogP contribution in [0.5, 0.6) is 0 Å². The molecule has 4 rings (SSSR count). The Morgan fingerprint density at radius 3 is 2.66 bits per heavy atom. The highest BCUT2D eigenvalue weighted by atomic mass is 16.6. The van der Waals surface area contributed by atoms with Crippen LogP contribution in [0, 0.1) is 5.92 Å². The molecule has 1 amide bonds. The molecule has 3 aliphatic rings. The molecule has 1 aromatic carbocycles. The first-order valence-corrected chi connectivity index (χ1v) is 11.2. The van der Waals surface area contributed by atoms with Crippen LogP contribution in [0.3, 0.4) is 0 Å². The predicted octanol–water partition coefficient (Wildman–Crippen LogP) is 2.18. The van der Waals surface area contributed by atoms with E-state index < -0.39 is 12.1 Å². The standard InChI is InChI=1S/C23H32N2O4/c26-22(28-17-19-10-6-14-24-13-5-4-11-20(19)24)21-12-7-15-25(21)23(27)29-16-18-8-2-1-3-9-18/h1-3,8-9,19-21H,4-7,10-17H2/p+1/t19-,20-,21+/m0/s1. The van der Waals surface area contributed by atoms with Gasteiger partial charge in [0.15, 0.2) is 0 Å². The molecule has 1 aromatic rings. The molecule has 0 radical (unpaired) electrons. The molecule has 3 aliphatic heterocycles. The summed E-state index contributed by atoms with van der Waals surface area (Å²) in [4.78, 5) is 28.5. The number of carbonyl (C=O) groups is 2. The maximum absolute atomic E-state index is 12.8. The highest BCUT2D eigenvalue weighted by Crippen LogP contribution is 2.23. The van der Waals surface area contributed by atoms with E-state index in [2.05, 4.69) is 0 Å². The van der Waals surface area contributed by atoms with Gasteiger partial charge in [0.2, 0.25) is 0 Å². The predicted molar refractivity (Wildman–Crippen MR) is 108 cm³/mol. The lowest BCUT2D eigenvalue weighted by Crippen LogP contribution is -3.18. The summed E-state index contributed by atoms with van der Waals surface area (Å²) in [5, 5.41) is 0. The average molecular weight is 402 g/mol. The molecule has 1 N–H and O–H groups in total. The molecule has 6 nitrogen and oxygen atoms in total. The van der Waals surface area contributed by atoms with Gasteiger partial charge in [-0.2, -0.15) is 0 Å². The Bertz CT molecular complexity index is 693. The molecular formula is C23H33N2O4+. The number of esters is 1. The van der Waals surface area contributed by atoms with Crippen molar-refractivity contribution in [1.29, 1.82) is 0 Å². The third kappa shape index (κ3) is 4.92. The number of nitrogens with one attached hydrogen (secondary N) is 1. The normalized spacial score (nSPS) is 29.2. The number of amides is 1. The lowest BCUT2D eigenvalue weighted by molar-refractivity contribution is -0.940. The van der Waals surface area contributed by atoms with E-state index >= 15 is 0 Å². The second-order valence-corrected chi connectivity index (χ2v) is 8.68. The quantitative estimate of drug-likeness (QED) is 0.769. The van der Waals surface area contributed by atoms with Gasteiger partial charge >= 0.3 is 12.1 Å². The summed E-state index contributed by atoms with van der Waals surface area (Å²) < 4.78 is 11.2. The van der Waals surface area contributed by atoms with Gasteiger partial charge in [0.1, 0.15) is 12.6 Å². The van der Waals surface area contributed by atoms with Crippen molar-refractivity contribution in [2.45, 2.75) is 63.6 Å². The lowest BCUT2D eigenvalue weighted by Gasteiger charge is -2.41. The minimum absolute atomic E-state index is 0.223. The molecule has 6 heteroatoms. The SMILES string of the molecule is O=C(OC[C@@H]1CCC[NH+]2CCCC[C@@H]12)[C@H]1CCCN1C(=O)OCc1ccccc1. The van der Waals surface area contributed by atoms with Gasteiger partial charge < -0.3 is 14.4 Å². The first-order chi connectivity index (χ1) is 14.2. The fraction of sp³-hybridized carbons (Fsp3) is 0.652. The van der Waals surface area contributed by atoms with Crippen molar-refractivity contribution < 1.29 is 24.0 Å². The van der Waals surface area contributed by atoms with Crippen molar-refractivity contribution in [3.63, 3.8) is 0 Å². The van der Waals surface area contributed by atoms with Gasteiger partial charge in [0.05, 0.1) is 25.7 Å². The zero-order valence-electron chi connectivity index (χ0n) is 17.2. The summed E-state index contributed by atoms with van der Waals surface area (Å²) >= 11 is 0. The van der Waals surface area contributed by atoms with Gasteiger partial charge in [-0.25, -0.2) is 9.59 Å². The molecular weight excluding hydrogens is 368 g/mol. The molecule has 29 heavy (non-hydrogen) atoms. The van der Waals surface area contributed by atoms with E-state index in [9.17, 15) is 9.59 Å². The number of rotatable bonds is 5. The molecule has 0 aromatic heterocycles. The first kappa shape index (κ1) is 20.2. The Hall–Kier alpha value is -2.08. The van der Waals surface area contributed by atoms with Gasteiger partial charge in [-0.15, -0.1) is 0 Å². The third-order valence-corrected chi connectivity index (χ3v) is 6.83. The van der Waals surface area contributed by atoms with Crippen LogP contribution in [0.25, 0.3) is 0 Å². The molecule has 158 valence electrons. The average Bonchev–Trinajstić information content (AvgIpc) is 3.27. The molecule has 0 bridgehead atoms. The smallest absolute Gasteiger partial charge is 0.410 e. The van der Waals surface area contributed by atoms with Gasteiger partial charge in [0.25, 0.3) is 0 Å². The third-order valence-electron chi connectivity index (χ3n) is 6.83. The number of quaternary nitrogens is 1. The molecule has 0 saturated carbocycles. The lowest BCUT2D eigenvalue weighted by atomic mass is 9.84. The maximum atomic E-state index is 12.8. The topological polar surface area (TPSA) is 60.3 Å². The number of piperidine rings is 2. The van der Waals surface area contributed by atoms with E-state index in [1.165, 1.54) is 38.8 Å². The summed E-state index contributed by atoms with van der Waals surface area (Å²) in [7, 11) is 0. The van der Waals surface area contributed by atoms with Gasteiger partial charge in [-0.05, 0) is 50.5 Å². The Kier molecular flexibility index (Phi) is 6.70. The van der Waals surface area contributed by atoms with E-state index in [1.807, 2.05) is 30.3 Å². The molecule has 1 unspecified atom stereocenters. The number of fused-ring (bicyclic) bond motifs is 1. The number of benzene rings is 1. The van der Waals surface area contributed by atoms with Crippen LogP contribution in [-0.4, -0.2) is 55.3 Å². The zero-order chi connectivity index (χ0) is 20.1. The monoisotopic (exact) mass is 401 g/mol. The summed E-state index contributed by atoms with van der Waals surface area (Å²) in [6.45, 7) is 3.80. The second kappa shape index (κ2) is 9.61. The summed E-state index contributed by atoms with van der Waals surface area (Å²) in [5.74, 6) is 0.199. The number of carbonyl (C=O) groups excluding carboxylic acids is 2. The van der Waals surface area contributed by atoms with E-state index in [0.29, 0.717) is 31.5 Å². The highest BCUT2D eigenvalue weighted by Gasteiger charge is 2.39. The molecule has 3 heterocycles. The number of ether oxygens (including phenoxy) is 2. The summed E-state index contributed by atoms with van der Waals surface area (Å²) in [6.07, 6.45) is 7.27. The van der Waals surface area contributed by atoms with Crippen molar-refractivity contribution in [2.24, 2.45) is 5.92 Å². The molecule has 3 fully saturated rings.